The molecular weight excluding hydrogens is 392 g/mol. The zero-order chi connectivity index (χ0) is 21.6. The highest BCUT2D eigenvalue weighted by Gasteiger charge is 2.20. The molecule has 0 fully saturated rings. The van der Waals surface area contributed by atoms with Crippen molar-refractivity contribution < 1.29 is 9.53 Å². The third kappa shape index (κ3) is 4.48. The van der Waals surface area contributed by atoms with E-state index in [1.807, 2.05) is 72.8 Å². The Morgan fingerprint density at radius 1 is 1.03 bits per heavy atom. The SMILES string of the molecule is COc1ccc(-c2nn(-c3ccccc3)c(N)c2NC(=O)NCc2ccccn2)cc1. The summed E-state index contributed by atoms with van der Waals surface area (Å²) in [6.07, 6.45) is 1.68. The van der Waals surface area contributed by atoms with E-state index in [1.165, 1.54) is 0 Å². The standard InChI is InChI=1S/C23H22N6O2/c1-31-19-12-10-16(11-13-19)20-21(22(24)29(28-20)18-8-3-2-4-9-18)27-23(30)26-15-17-7-5-6-14-25-17/h2-14H,15,24H2,1H3,(H2,26,27,30). The summed E-state index contributed by atoms with van der Waals surface area (Å²) in [5.74, 6) is 1.05. The highest BCUT2D eigenvalue weighted by molar-refractivity contribution is 5.97. The second kappa shape index (κ2) is 9.00. The van der Waals surface area contributed by atoms with E-state index in [0.717, 1.165) is 22.7 Å². The van der Waals surface area contributed by atoms with Gasteiger partial charge in [-0.2, -0.15) is 5.10 Å². The number of urea groups is 1. The van der Waals surface area contributed by atoms with Crippen LogP contribution >= 0.6 is 0 Å². The van der Waals surface area contributed by atoms with Gasteiger partial charge in [0.1, 0.15) is 17.1 Å². The number of aromatic nitrogens is 3. The van der Waals surface area contributed by atoms with Crippen molar-refractivity contribution in [2.45, 2.75) is 6.54 Å². The van der Waals surface area contributed by atoms with Gasteiger partial charge in [-0.05, 0) is 48.5 Å². The van der Waals surface area contributed by atoms with Crippen molar-refractivity contribution >= 4 is 17.5 Å². The second-order valence-corrected chi connectivity index (χ2v) is 6.71. The van der Waals surface area contributed by atoms with Crippen LogP contribution in [-0.2, 0) is 6.54 Å². The van der Waals surface area contributed by atoms with Crippen LogP contribution in [0.1, 0.15) is 5.69 Å². The van der Waals surface area contributed by atoms with Gasteiger partial charge in [0, 0.05) is 11.8 Å². The van der Waals surface area contributed by atoms with Crippen molar-refractivity contribution in [2.75, 3.05) is 18.2 Å². The highest BCUT2D eigenvalue weighted by atomic mass is 16.5. The summed E-state index contributed by atoms with van der Waals surface area (Å²) >= 11 is 0. The van der Waals surface area contributed by atoms with Crippen molar-refractivity contribution in [3.05, 3.63) is 84.7 Å². The summed E-state index contributed by atoms with van der Waals surface area (Å²) in [5, 5.41) is 10.3. The number of pyridine rings is 1. The van der Waals surface area contributed by atoms with Crippen LogP contribution in [-0.4, -0.2) is 27.9 Å². The number of benzene rings is 2. The van der Waals surface area contributed by atoms with Crippen LogP contribution in [0.4, 0.5) is 16.3 Å². The molecule has 0 atom stereocenters. The molecule has 2 aromatic heterocycles. The number of nitrogen functional groups attached to an aromatic ring is 1. The first-order valence-corrected chi connectivity index (χ1v) is 9.69. The minimum atomic E-state index is -0.403. The zero-order valence-electron chi connectivity index (χ0n) is 16.9. The molecule has 31 heavy (non-hydrogen) atoms. The maximum Gasteiger partial charge on any atom is 0.319 e. The molecular formula is C23H22N6O2. The number of methoxy groups -OCH3 is 1. The summed E-state index contributed by atoms with van der Waals surface area (Å²) in [4.78, 5) is 16.8. The minimum absolute atomic E-state index is 0.289. The third-order valence-electron chi connectivity index (χ3n) is 4.68. The highest BCUT2D eigenvalue weighted by Crippen LogP contribution is 2.34. The molecule has 2 aromatic carbocycles. The Balaban J connectivity index is 1.65. The Hall–Kier alpha value is -4.33. The molecule has 4 N–H and O–H groups in total. The molecule has 0 aliphatic carbocycles. The Morgan fingerprint density at radius 3 is 2.45 bits per heavy atom. The Bertz CT molecular complexity index is 1160. The van der Waals surface area contributed by atoms with Gasteiger partial charge >= 0.3 is 6.03 Å². The summed E-state index contributed by atoms with van der Waals surface area (Å²) < 4.78 is 6.84. The fourth-order valence-corrected chi connectivity index (χ4v) is 3.10. The number of rotatable bonds is 6. The Labute approximate surface area is 179 Å². The molecule has 2 heterocycles. The number of nitrogens with one attached hydrogen (secondary N) is 2. The lowest BCUT2D eigenvalue weighted by Crippen LogP contribution is -2.29. The first-order chi connectivity index (χ1) is 15.2. The molecule has 0 saturated heterocycles. The van der Waals surface area contributed by atoms with Gasteiger partial charge in [0.25, 0.3) is 0 Å². The number of ether oxygens (including phenoxy) is 1. The van der Waals surface area contributed by atoms with E-state index in [2.05, 4.69) is 20.7 Å². The first-order valence-electron chi connectivity index (χ1n) is 9.69. The van der Waals surface area contributed by atoms with Gasteiger partial charge in [0.05, 0.1) is 25.0 Å². The van der Waals surface area contributed by atoms with Crippen molar-refractivity contribution in [1.29, 1.82) is 0 Å². The average Bonchev–Trinajstić information content (AvgIpc) is 3.15. The van der Waals surface area contributed by atoms with E-state index in [9.17, 15) is 4.79 Å². The second-order valence-electron chi connectivity index (χ2n) is 6.71. The van der Waals surface area contributed by atoms with E-state index < -0.39 is 6.03 Å². The number of carbonyl (C=O) groups excluding carboxylic acids is 1. The molecule has 8 nitrogen and oxygen atoms in total. The lowest BCUT2D eigenvalue weighted by molar-refractivity contribution is 0.251. The Kier molecular flexibility index (Phi) is 5.79. The van der Waals surface area contributed by atoms with Crippen molar-refractivity contribution in [1.82, 2.24) is 20.1 Å². The zero-order valence-corrected chi connectivity index (χ0v) is 16.9. The van der Waals surface area contributed by atoms with Gasteiger partial charge in [-0.25, -0.2) is 9.48 Å². The fourth-order valence-electron chi connectivity index (χ4n) is 3.10. The molecule has 0 unspecified atom stereocenters. The first kappa shape index (κ1) is 20.0. The predicted octanol–water partition coefficient (Wildman–Crippen LogP) is 3.85. The van der Waals surface area contributed by atoms with Crippen molar-refractivity contribution in [3.63, 3.8) is 0 Å². The monoisotopic (exact) mass is 414 g/mol. The summed E-state index contributed by atoms with van der Waals surface area (Å²) in [5.41, 5.74) is 9.72. The molecule has 0 radical (unpaired) electrons. The maximum absolute atomic E-state index is 12.6. The van der Waals surface area contributed by atoms with Gasteiger partial charge < -0.3 is 21.1 Å². The minimum Gasteiger partial charge on any atom is -0.497 e. The van der Waals surface area contributed by atoms with Crippen LogP contribution in [0.15, 0.2) is 79.0 Å². The van der Waals surface area contributed by atoms with Gasteiger partial charge in [-0.15, -0.1) is 0 Å². The third-order valence-corrected chi connectivity index (χ3v) is 4.68. The number of hydrogen-bond donors (Lipinski definition) is 3. The molecule has 0 aliphatic rings. The molecule has 4 rings (SSSR count). The number of carbonyl (C=O) groups is 1. The molecule has 4 aromatic rings. The molecule has 8 heteroatoms. The van der Waals surface area contributed by atoms with Gasteiger partial charge in [-0.1, -0.05) is 24.3 Å². The van der Waals surface area contributed by atoms with E-state index in [4.69, 9.17) is 10.5 Å². The van der Waals surface area contributed by atoms with E-state index in [0.29, 0.717) is 17.2 Å². The van der Waals surface area contributed by atoms with Crippen molar-refractivity contribution in [2.24, 2.45) is 0 Å². The van der Waals surface area contributed by atoms with E-state index >= 15 is 0 Å². The molecule has 0 saturated carbocycles. The van der Waals surface area contributed by atoms with Gasteiger partial charge in [0.15, 0.2) is 5.82 Å². The number of anilines is 2. The predicted molar refractivity (Wildman–Crippen MR) is 120 cm³/mol. The van der Waals surface area contributed by atoms with Crippen LogP contribution in [0.25, 0.3) is 16.9 Å². The van der Waals surface area contributed by atoms with Gasteiger partial charge in [0.2, 0.25) is 0 Å². The quantitative estimate of drug-likeness (QED) is 0.444. The van der Waals surface area contributed by atoms with E-state index in [1.54, 1.807) is 18.0 Å². The number of hydrogen-bond acceptors (Lipinski definition) is 5. The van der Waals surface area contributed by atoms with Crippen molar-refractivity contribution in [3.8, 4) is 22.7 Å². The number of amides is 2. The lowest BCUT2D eigenvalue weighted by Gasteiger charge is -2.09. The fraction of sp³-hybridized carbons (Fsp3) is 0.0870. The maximum atomic E-state index is 12.6. The average molecular weight is 414 g/mol. The normalized spacial score (nSPS) is 10.5. The summed E-state index contributed by atoms with van der Waals surface area (Å²) in [7, 11) is 1.61. The van der Waals surface area contributed by atoms with Crippen LogP contribution < -0.4 is 21.1 Å². The lowest BCUT2D eigenvalue weighted by atomic mass is 10.1. The molecule has 2 amide bonds. The van der Waals surface area contributed by atoms with Crippen LogP contribution in [0.2, 0.25) is 0 Å². The van der Waals surface area contributed by atoms with Gasteiger partial charge in [-0.3, -0.25) is 4.98 Å². The summed E-state index contributed by atoms with van der Waals surface area (Å²) in [6.45, 7) is 0.289. The van der Waals surface area contributed by atoms with Crippen LogP contribution in [0.3, 0.4) is 0 Å². The number of nitrogens with zero attached hydrogens (tertiary/aromatic N) is 3. The Morgan fingerprint density at radius 2 is 1.77 bits per heavy atom. The molecule has 0 spiro atoms. The summed E-state index contributed by atoms with van der Waals surface area (Å²) in [6, 6.07) is 22.0. The molecule has 0 bridgehead atoms. The number of nitrogens with two attached hydrogens (primary N) is 1. The smallest absolute Gasteiger partial charge is 0.319 e. The largest absolute Gasteiger partial charge is 0.497 e. The van der Waals surface area contributed by atoms with Crippen LogP contribution in [0, 0.1) is 0 Å². The molecule has 156 valence electrons. The molecule has 0 aliphatic heterocycles. The van der Waals surface area contributed by atoms with E-state index in [-0.39, 0.29) is 6.54 Å². The number of para-hydroxylation sites is 1. The van der Waals surface area contributed by atoms with Crippen LogP contribution in [0.5, 0.6) is 5.75 Å². The topological polar surface area (TPSA) is 107 Å².